The van der Waals surface area contributed by atoms with Gasteiger partial charge in [0.2, 0.25) is 10.0 Å². The Morgan fingerprint density at radius 3 is 2.80 bits per heavy atom. The van der Waals surface area contributed by atoms with E-state index >= 15 is 0 Å². The lowest BCUT2D eigenvalue weighted by molar-refractivity contribution is 0.350. The summed E-state index contributed by atoms with van der Waals surface area (Å²) in [5.41, 5.74) is 0.718. The van der Waals surface area contributed by atoms with Crippen LogP contribution in [0.4, 0.5) is 0 Å². The molecule has 0 saturated carbocycles. The van der Waals surface area contributed by atoms with Gasteiger partial charge in [0.25, 0.3) is 0 Å². The molecule has 0 unspecified atom stereocenters. The van der Waals surface area contributed by atoms with Crippen LogP contribution in [0.1, 0.15) is 10.4 Å². The van der Waals surface area contributed by atoms with Crippen molar-refractivity contribution in [1.29, 1.82) is 0 Å². The Hall–Kier alpha value is -0.880. The summed E-state index contributed by atoms with van der Waals surface area (Å²) in [6.45, 7) is -0.0698. The van der Waals surface area contributed by atoms with E-state index in [-0.39, 0.29) is 17.4 Å². The summed E-state index contributed by atoms with van der Waals surface area (Å²) in [6, 6.07) is 4.80. The molecule has 2 heterocycles. The molecule has 0 bridgehead atoms. The van der Waals surface area contributed by atoms with Crippen LogP contribution < -0.4 is 4.72 Å². The van der Waals surface area contributed by atoms with Gasteiger partial charge in [-0.15, -0.1) is 22.7 Å². The number of thiophene rings is 2. The summed E-state index contributed by atoms with van der Waals surface area (Å²) >= 11 is 8.15. The molecule has 0 aliphatic carbocycles. The Bertz CT molecular complexity index is 752. The zero-order valence-electron chi connectivity index (χ0n) is 10.1. The van der Waals surface area contributed by atoms with Gasteiger partial charge in [0.1, 0.15) is 10.8 Å². The number of hydrogen-bond donors (Lipinski definition) is 2. The minimum Gasteiger partial charge on any atom is -0.384 e. The van der Waals surface area contributed by atoms with Crippen molar-refractivity contribution in [3.8, 4) is 11.8 Å². The first-order chi connectivity index (χ1) is 9.53. The van der Waals surface area contributed by atoms with Crippen LogP contribution >= 0.6 is 34.3 Å². The van der Waals surface area contributed by atoms with Crippen LogP contribution in [0.3, 0.4) is 0 Å². The Morgan fingerprint density at radius 2 is 2.15 bits per heavy atom. The van der Waals surface area contributed by atoms with E-state index in [1.54, 1.807) is 12.1 Å². The van der Waals surface area contributed by atoms with Gasteiger partial charge in [0, 0.05) is 17.0 Å². The molecule has 2 N–H and O–H groups in total. The number of hydrogen-bond acceptors (Lipinski definition) is 5. The van der Waals surface area contributed by atoms with Gasteiger partial charge in [0.15, 0.2) is 0 Å². The minimum absolute atomic E-state index is 0.158. The molecule has 2 rings (SSSR count). The molecule has 0 aliphatic rings. The predicted molar refractivity (Wildman–Crippen MR) is 81.6 cm³/mol. The third-order valence-corrected chi connectivity index (χ3v) is 6.33. The van der Waals surface area contributed by atoms with E-state index in [0.29, 0.717) is 4.34 Å². The lowest BCUT2D eigenvalue weighted by atomic mass is 10.2. The standard InChI is InChI=1S/C12H10ClNO3S3/c13-11-3-4-12(19-11)20(16,17)14-8-10-9(2-1-6-15)5-7-18-10/h3-5,7,14-15H,6,8H2. The van der Waals surface area contributed by atoms with E-state index in [4.69, 9.17) is 16.7 Å². The van der Waals surface area contributed by atoms with Gasteiger partial charge in [-0.05, 0) is 23.6 Å². The first-order valence-electron chi connectivity index (χ1n) is 5.44. The number of nitrogens with one attached hydrogen (secondary N) is 1. The van der Waals surface area contributed by atoms with Crippen LogP contribution in [0.2, 0.25) is 4.34 Å². The molecule has 2 aromatic heterocycles. The van der Waals surface area contributed by atoms with Crippen LogP contribution in [0, 0.1) is 11.8 Å². The molecule has 4 nitrogen and oxygen atoms in total. The molecule has 0 aliphatic heterocycles. The Kier molecular flexibility index (Phi) is 5.21. The zero-order chi connectivity index (χ0) is 14.6. The van der Waals surface area contributed by atoms with Gasteiger partial charge in [-0.2, -0.15) is 0 Å². The molecular formula is C12H10ClNO3S3. The van der Waals surface area contributed by atoms with Crippen molar-refractivity contribution < 1.29 is 13.5 Å². The summed E-state index contributed by atoms with van der Waals surface area (Å²) in [5, 5.41) is 10.5. The van der Waals surface area contributed by atoms with Crippen LogP contribution in [0.15, 0.2) is 27.8 Å². The molecule has 0 aromatic carbocycles. The monoisotopic (exact) mass is 347 g/mol. The van der Waals surface area contributed by atoms with Crippen LogP contribution in [-0.2, 0) is 16.6 Å². The maximum Gasteiger partial charge on any atom is 0.250 e. The molecule has 0 saturated heterocycles. The largest absolute Gasteiger partial charge is 0.384 e. The third-order valence-electron chi connectivity index (χ3n) is 2.28. The lowest BCUT2D eigenvalue weighted by Crippen LogP contribution is -2.22. The van der Waals surface area contributed by atoms with E-state index in [1.807, 2.05) is 5.38 Å². The minimum atomic E-state index is -3.56. The van der Waals surface area contributed by atoms with Crippen molar-refractivity contribution in [2.24, 2.45) is 0 Å². The Morgan fingerprint density at radius 1 is 1.35 bits per heavy atom. The number of aliphatic hydroxyl groups is 1. The van der Waals surface area contributed by atoms with Crippen LogP contribution in [0.25, 0.3) is 0 Å². The Balaban J connectivity index is 2.11. The fourth-order valence-corrected chi connectivity index (χ4v) is 4.78. The van der Waals surface area contributed by atoms with Gasteiger partial charge in [-0.1, -0.05) is 23.4 Å². The molecule has 0 radical (unpaired) electrons. The molecule has 20 heavy (non-hydrogen) atoms. The van der Waals surface area contributed by atoms with Crippen molar-refractivity contribution >= 4 is 44.3 Å². The lowest BCUT2D eigenvalue weighted by Gasteiger charge is -2.03. The molecule has 0 fully saturated rings. The summed E-state index contributed by atoms with van der Waals surface area (Å²) in [6.07, 6.45) is 0. The van der Waals surface area contributed by atoms with Gasteiger partial charge < -0.3 is 5.11 Å². The van der Waals surface area contributed by atoms with Gasteiger partial charge in [0.05, 0.1) is 4.34 Å². The van der Waals surface area contributed by atoms with E-state index in [2.05, 4.69) is 16.6 Å². The van der Waals surface area contributed by atoms with Gasteiger partial charge in [-0.3, -0.25) is 0 Å². The second-order valence-corrected chi connectivity index (χ2v) is 8.31. The SMILES string of the molecule is O=S(=O)(NCc1sccc1C#CCO)c1ccc(Cl)s1. The quantitative estimate of drug-likeness (QED) is 0.834. The maximum atomic E-state index is 12.0. The molecule has 8 heteroatoms. The van der Waals surface area contributed by atoms with E-state index in [9.17, 15) is 8.42 Å². The molecular weight excluding hydrogens is 338 g/mol. The van der Waals surface area contributed by atoms with Crippen molar-refractivity contribution in [1.82, 2.24) is 4.72 Å². The number of halogens is 1. The number of rotatable bonds is 4. The molecule has 0 atom stereocenters. The van der Waals surface area contributed by atoms with E-state index in [1.165, 1.54) is 17.4 Å². The second kappa shape index (κ2) is 6.72. The number of sulfonamides is 1. The molecule has 106 valence electrons. The van der Waals surface area contributed by atoms with Crippen molar-refractivity contribution in [3.63, 3.8) is 0 Å². The highest BCUT2D eigenvalue weighted by atomic mass is 35.5. The molecule has 2 aromatic rings. The van der Waals surface area contributed by atoms with Crippen molar-refractivity contribution in [3.05, 3.63) is 38.4 Å². The highest BCUT2D eigenvalue weighted by Gasteiger charge is 2.17. The normalized spacial score (nSPS) is 11.1. The first-order valence-corrected chi connectivity index (χ1v) is 9.00. The predicted octanol–water partition coefficient (Wildman–Crippen LogP) is 2.29. The van der Waals surface area contributed by atoms with Gasteiger partial charge >= 0.3 is 0 Å². The average Bonchev–Trinajstić information content (AvgIpc) is 3.03. The average molecular weight is 348 g/mol. The summed E-state index contributed by atoms with van der Waals surface area (Å²) < 4.78 is 27.2. The smallest absolute Gasteiger partial charge is 0.250 e. The summed E-state index contributed by atoms with van der Waals surface area (Å²) in [5.74, 6) is 5.32. The van der Waals surface area contributed by atoms with Crippen molar-refractivity contribution in [2.45, 2.75) is 10.8 Å². The second-order valence-electron chi connectivity index (χ2n) is 3.60. The maximum absolute atomic E-state index is 12.0. The fraction of sp³-hybridized carbons (Fsp3) is 0.167. The van der Waals surface area contributed by atoms with Crippen LogP contribution in [-0.4, -0.2) is 20.1 Å². The summed E-state index contributed by atoms with van der Waals surface area (Å²) in [7, 11) is -3.56. The zero-order valence-corrected chi connectivity index (χ0v) is 13.3. The highest BCUT2D eigenvalue weighted by molar-refractivity contribution is 7.91. The first kappa shape index (κ1) is 15.5. The third kappa shape index (κ3) is 3.82. The van der Waals surface area contributed by atoms with Crippen LogP contribution in [0.5, 0.6) is 0 Å². The highest BCUT2D eigenvalue weighted by Crippen LogP contribution is 2.25. The Labute approximate surface area is 130 Å². The number of aliphatic hydroxyl groups excluding tert-OH is 1. The topological polar surface area (TPSA) is 66.4 Å². The van der Waals surface area contributed by atoms with Crippen molar-refractivity contribution in [2.75, 3.05) is 6.61 Å². The summed E-state index contributed by atoms with van der Waals surface area (Å²) in [4.78, 5) is 0.803. The molecule has 0 amide bonds. The fourth-order valence-electron chi connectivity index (χ4n) is 1.40. The molecule has 0 spiro atoms. The van der Waals surface area contributed by atoms with E-state index in [0.717, 1.165) is 21.8 Å². The van der Waals surface area contributed by atoms with E-state index < -0.39 is 10.0 Å². The van der Waals surface area contributed by atoms with Gasteiger partial charge in [-0.25, -0.2) is 13.1 Å².